The van der Waals surface area contributed by atoms with E-state index in [1.165, 1.54) is 0 Å². The molecule has 1 rings (SSSR count). The Bertz CT molecular complexity index is 513. The van der Waals surface area contributed by atoms with Crippen molar-refractivity contribution in [3.63, 3.8) is 0 Å². The van der Waals surface area contributed by atoms with E-state index in [4.69, 9.17) is 0 Å². The third-order valence-electron chi connectivity index (χ3n) is 2.99. The SMILES string of the molecule is O=C1OC(C(F)(F)C(F)(F)C(F)(F)F)C(C(F)(F)C(F)(F)C(F)(F)F)O1. The highest BCUT2D eigenvalue weighted by Crippen LogP contribution is 2.55. The Labute approximate surface area is 131 Å². The van der Waals surface area contributed by atoms with E-state index in [-0.39, 0.29) is 0 Å². The summed E-state index contributed by atoms with van der Waals surface area (Å²) in [5.74, 6) is -28.3. The Balaban J connectivity index is 3.47. The van der Waals surface area contributed by atoms with Crippen LogP contribution in [0.2, 0.25) is 0 Å². The number of ether oxygens (including phenoxy) is 2. The molecule has 1 heterocycles. The van der Waals surface area contributed by atoms with Gasteiger partial charge in [0.05, 0.1) is 0 Å². The second-order valence-corrected chi connectivity index (χ2v) is 4.72. The fraction of sp³-hybridized carbons (Fsp3) is 0.889. The molecule has 3 nitrogen and oxygen atoms in total. The van der Waals surface area contributed by atoms with Crippen LogP contribution >= 0.6 is 0 Å². The molecule has 1 aliphatic heterocycles. The molecule has 0 amide bonds. The van der Waals surface area contributed by atoms with Crippen LogP contribution in [0.25, 0.3) is 0 Å². The molecule has 0 aromatic carbocycles. The summed E-state index contributed by atoms with van der Waals surface area (Å²) >= 11 is 0. The largest absolute Gasteiger partial charge is 0.509 e. The summed E-state index contributed by atoms with van der Waals surface area (Å²) in [4.78, 5) is 10.5. The Hall–Kier alpha value is -1.71. The lowest BCUT2D eigenvalue weighted by atomic mass is 9.93. The zero-order chi connectivity index (χ0) is 21.1. The minimum Gasteiger partial charge on any atom is -0.420 e. The second-order valence-electron chi connectivity index (χ2n) is 4.72. The van der Waals surface area contributed by atoms with E-state index in [2.05, 4.69) is 9.47 Å². The summed E-state index contributed by atoms with van der Waals surface area (Å²) in [6.07, 6.45) is -26.9. The van der Waals surface area contributed by atoms with Crippen LogP contribution in [0.4, 0.5) is 66.3 Å². The van der Waals surface area contributed by atoms with Gasteiger partial charge in [0.15, 0.2) is 0 Å². The average Bonchev–Trinajstić information content (AvgIpc) is 2.79. The van der Waals surface area contributed by atoms with E-state index < -0.39 is 54.4 Å². The summed E-state index contributed by atoms with van der Waals surface area (Å²) in [7, 11) is 0. The standard InChI is InChI=1S/C9H2F14O3/c10-4(11,6(14,15)8(18,19)20)1-2(26-3(24)25-1)5(12,13)7(16,17)9(21,22)23/h1-2H. The zero-order valence-corrected chi connectivity index (χ0v) is 11.2. The van der Waals surface area contributed by atoms with Gasteiger partial charge in [-0.2, -0.15) is 61.5 Å². The molecule has 1 saturated heterocycles. The van der Waals surface area contributed by atoms with E-state index in [1.54, 1.807) is 0 Å². The van der Waals surface area contributed by atoms with Crippen LogP contribution in [0.15, 0.2) is 0 Å². The maximum absolute atomic E-state index is 13.4. The van der Waals surface area contributed by atoms with Crippen LogP contribution in [0.3, 0.4) is 0 Å². The molecule has 0 saturated carbocycles. The lowest BCUT2D eigenvalue weighted by Gasteiger charge is -2.36. The monoisotopic (exact) mass is 424 g/mol. The summed E-state index contributed by atoms with van der Waals surface area (Å²) in [6.45, 7) is 0. The molecule has 0 N–H and O–H groups in total. The minimum absolute atomic E-state index is 2.89. The molecule has 0 radical (unpaired) electrons. The van der Waals surface area contributed by atoms with Crippen molar-refractivity contribution in [1.29, 1.82) is 0 Å². The third-order valence-corrected chi connectivity index (χ3v) is 2.99. The van der Waals surface area contributed by atoms with Crippen molar-refractivity contribution in [2.24, 2.45) is 0 Å². The van der Waals surface area contributed by atoms with E-state index in [9.17, 15) is 66.3 Å². The zero-order valence-electron chi connectivity index (χ0n) is 11.2. The van der Waals surface area contributed by atoms with E-state index >= 15 is 0 Å². The molecule has 2 unspecified atom stereocenters. The van der Waals surface area contributed by atoms with Gasteiger partial charge in [-0.1, -0.05) is 0 Å². The lowest BCUT2D eigenvalue weighted by Crippen LogP contribution is -2.66. The summed E-state index contributed by atoms with van der Waals surface area (Å²) < 4.78 is 183. The normalized spacial score (nSPS) is 23.7. The van der Waals surface area contributed by atoms with Crippen LogP contribution in [-0.4, -0.2) is 54.4 Å². The summed E-state index contributed by atoms with van der Waals surface area (Å²) in [6, 6.07) is 0. The van der Waals surface area contributed by atoms with E-state index in [0.717, 1.165) is 0 Å². The summed E-state index contributed by atoms with van der Waals surface area (Å²) in [5, 5.41) is 0. The van der Waals surface area contributed by atoms with Crippen LogP contribution in [0.1, 0.15) is 0 Å². The maximum Gasteiger partial charge on any atom is 0.509 e. The number of hydrogen-bond acceptors (Lipinski definition) is 3. The van der Waals surface area contributed by atoms with Gasteiger partial charge in [-0.25, -0.2) is 4.79 Å². The first kappa shape index (κ1) is 22.3. The first-order valence-corrected chi connectivity index (χ1v) is 5.64. The number of rotatable bonds is 4. The number of halogens is 14. The maximum atomic E-state index is 13.4. The molecule has 0 aromatic heterocycles. The fourth-order valence-corrected chi connectivity index (χ4v) is 1.62. The highest BCUT2D eigenvalue weighted by atomic mass is 19.4. The molecule has 154 valence electrons. The van der Waals surface area contributed by atoms with Gasteiger partial charge in [-0.3, -0.25) is 0 Å². The Kier molecular flexibility index (Phi) is 4.85. The molecule has 1 aliphatic rings. The van der Waals surface area contributed by atoms with Gasteiger partial charge >= 0.3 is 42.2 Å². The van der Waals surface area contributed by atoms with Gasteiger partial charge in [-0.15, -0.1) is 0 Å². The number of carbonyl (C=O) groups excluding carboxylic acids is 1. The fourth-order valence-electron chi connectivity index (χ4n) is 1.62. The van der Waals surface area contributed by atoms with Gasteiger partial charge < -0.3 is 9.47 Å². The van der Waals surface area contributed by atoms with Gasteiger partial charge in [0.2, 0.25) is 12.2 Å². The predicted molar refractivity (Wildman–Crippen MR) is 47.0 cm³/mol. The van der Waals surface area contributed by atoms with Gasteiger partial charge in [0.25, 0.3) is 0 Å². The average molecular weight is 424 g/mol. The molecule has 0 spiro atoms. The molecule has 0 aromatic rings. The number of hydrogen-bond donors (Lipinski definition) is 0. The first-order valence-electron chi connectivity index (χ1n) is 5.64. The van der Waals surface area contributed by atoms with Gasteiger partial charge in [-0.05, 0) is 0 Å². The van der Waals surface area contributed by atoms with E-state index in [0.29, 0.717) is 0 Å². The molecular weight excluding hydrogens is 422 g/mol. The van der Waals surface area contributed by atoms with Crippen molar-refractivity contribution in [1.82, 2.24) is 0 Å². The quantitative estimate of drug-likeness (QED) is 0.491. The molecule has 0 bridgehead atoms. The van der Waals surface area contributed by atoms with Gasteiger partial charge in [0.1, 0.15) is 0 Å². The van der Waals surface area contributed by atoms with Crippen LogP contribution in [0.5, 0.6) is 0 Å². The highest BCUT2D eigenvalue weighted by molar-refractivity contribution is 5.63. The molecule has 17 heteroatoms. The Morgan fingerprint density at radius 1 is 0.538 bits per heavy atom. The minimum atomic E-state index is -7.26. The van der Waals surface area contributed by atoms with Crippen LogP contribution in [-0.2, 0) is 9.47 Å². The van der Waals surface area contributed by atoms with Crippen LogP contribution in [0, 0.1) is 0 Å². The third kappa shape index (κ3) is 2.97. The predicted octanol–water partition coefficient (Wildman–Crippen LogP) is 4.56. The topological polar surface area (TPSA) is 35.5 Å². The van der Waals surface area contributed by atoms with Crippen molar-refractivity contribution in [2.45, 2.75) is 48.3 Å². The van der Waals surface area contributed by atoms with Crippen molar-refractivity contribution >= 4 is 6.16 Å². The van der Waals surface area contributed by atoms with Crippen LogP contribution < -0.4 is 0 Å². The van der Waals surface area contributed by atoms with E-state index in [1.807, 2.05) is 0 Å². The number of cyclic esters (lactones) is 2. The summed E-state index contributed by atoms with van der Waals surface area (Å²) in [5.41, 5.74) is 0. The molecule has 0 aliphatic carbocycles. The van der Waals surface area contributed by atoms with Gasteiger partial charge in [0, 0.05) is 0 Å². The van der Waals surface area contributed by atoms with Crippen molar-refractivity contribution in [2.75, 3.05) is 0 Å². The Morgan fingerprint density at radius 3 is 0.962 bits per heavy atom. The molecule has 2 atom stereocenters. The number of alkyl halides is 14. The molecular formula is C9H2F14O3. The molecule has 26 heavy (non-hydrogen) atoms. The van der Waals surface area contributed by atoms with Crippen molar-refractivity contribution < 1.29 is 75.7 Å². The lowest BCUT2D eigenvalue weighted by molar-refractivity contribution is -0.393. The highest BCUT2D eigenvalue weighted by Gasteiger charge is 2.85. The molecule has 1 fully saturated rings. The second kappa shape index (κ2) is 5.64. The first-order chi connectivity index (χ1) is 11.1. The van der Waals surface area contributed by atoms with Crippen molar-refractivity contribution in [3.8, 4) is 0 Å². The van der Waals surface area contributed by atoms with Crippen molar-refractivity contribution in [3.05, 3.63) is 0 Å². The smallest absolute Gasteiger partial charge is 0.420 e. The Morgan fingerprint density at radius 2 is 0.769 bits per heavy atom. The number of carbonyl (C=O) groups is 1.